The molecule has 0 fully saturated rings. The third-order valence-corrected chi connectivity index (χ3v) is 2.51. The van der Waals surface area contributed by atoms with Crippen LogP contribution in [0.4, 0.5) is 0 Å². The second kappa shape index (κ2) is 5.89. The van der Waals surface area contributed by atoms with Crippen molar-refractivity contribution >= 4 is 5.78 Å². The van der Waals surface area contributed by atoms with E-state index in [1.165, 1.54) is 11.1 Å². The molecule has 0 radical (unpaired) electrons. The summed E-state index contributed by atoms with van der Waals surface area (Å²) in [6.45, 7) is 2.20. The van der Waals surface area contributed by atoms with Crippen LogP contribution >= 0.6 is 0 Å². The zero-order valence-electron chi connectivity index (χ0n) is 10.2. The number of carbonyl (C=O) groups excluding carboxylic acids is 1. The molecule has 92 valence electrons. The molecule has 1 aliphatic carbocycles. The summed E-state index contributed by atoms with van der Waals surface area (Å²) >= 11 is 0. The highest BCUT2D eigenvalue weighted by Crippen LogP contribution is 2.12. The van der Waals surface area contributed by atoms with Gasteiger partial charge in [-0.05, 0) is 36.3 Å². The van der Waals surface area contributed by atoms with Gasteiger partial charge in [-0.3, -0.25) is 4.79 Å². The number of Topliss-reactive ketones (excluding diaryl/α,β-unsaturated/α-hetero) is 1. The second-order valence-electron chi connectivity index (χ2n) is 4.09. The topological polar surface area (TPSA) is 60.7 Å². The minimum Gasteiger partial charge on any atom is -0.298 e. The SMILES string of the molecule is CC1=CC(CCC(=O)Cn2ncnn2)=C=CC=C1. The lowest BCUT2D eigenvalue weighted by Gasteiger charge is -2.00. The zero-order valence-corrected chi connectivity index (χ0v) is 10.2. The van der Waals surface area contributed by atoms with E-state index in [9.17, 15) is 4.79 Å². The van der Waals surface area contributed by atoms with Gasteiger partial charge in [0.25, 0.3) is 0 Å². The first kappa shape index (κ1) is 12.2. The molecule has 2 rings (SSSR count). The van der Waals surface area contributed by atoms with Crippen molar-refractivity contribution in [1.29, 1.82) is 0 Å². The predicted octanol–water partition coefficient (Wildman–Crippen LogP) is 1.62. The first-order valence-corrected chi connectivity index (χ1v) is 5.77. The normalized spacial score (nSPS) is 14.1. The summed E-state index contributed by atoms with van der Waals surface area (Å²) in [4.78, 5) is 13.0. The molecule has 1 aliphatic rings. The summed E-state index contributed by atoms with van der Waals surface area (Å²) in [6.07, 6.45) is 10.3. The first-order valence-electron chi connectivity index (χ1n) is 5.77. The number of carbonyl (C=O) groups is 1. The summed E-state index contributed by atoms with van der Waals surface area (Å²) in [7, 11) is 0. The molecule has 5 nitrogen and oxygen atoms in total. The van der Waals surface area contributed by atoms with Crippen LogP contribution in [0, 0.1) is 0 Å². The number of rotatable bonds is 5. The van der Waals surface area contributed by atoms with Gasteiger partial charge in [-0.1, -0.05) is 17.7 Å². The highest BCUT2D eigenvalue weighted by Gasteiger charge is 2.06. The maximum absolute atomic E-state index is 11.7. The molecule has 1 aromatic rings. The minimum atomic E-state index is 0.0885. The molecule has 0 atom stereocenters. The van der Waals surface area contributed by atoms with Crippen LogP contribution < -0.4 is 0 Å². The molecule has 0 amide bonds. The van der Waals surface area contributed by atoms with Crippen LogP contribution in [0.1, 0.15) is 19.8 Å². The lowest BCUT2D eigenvalue weighted by molar-refractivity contribution is -0.120. The Bertz CT molecular complexity index is 546. The van der Waals surface area contributed by atoms with E-state index in [0.717, 1.165) is 11.1 Å². The van der Waals surface area contributed by atoms with E-state index in [2.05, 4.69) is 21.1 Å². The smallest absolute Gasteiger partial charge is 0.162 e. The number of allylic oxidation sites excluding steroid dienone is 5. The number of aromatic nitrogens is 4. The molecule has 0 N–H and O–H groups in total. The molecule has 0 saturated heterocycles. The molecule has 1 aromatic heterocycles. The fourth-order valence-corrected chi connectivity index (χ4v) is 1.64. The second-order valence-corrected chi connectivity index (χ2v) is 4.09. The van der Waals surface area contributed by atoms with E-state index in [4.69, 9.17) is 0 Å². The average Bonchev–Trinajstić information content (AvgIpc) is 2.75. The van der Waals surface area contributed by atoms with E-state index in [0.29, 0.717) is 12.8 Å². The fourth-order valence-electron chi connectivity index (χ4n) is 1.64. The van der Waals surface area contributed by atoms with Gasteiger partial charge in [0.05, 0.1) is 0 Å². The highest BCUT2D eigenvalue weighted by molar-refractivity contribution is 5.78. The summed E-state index contributed by atoms with van der Waals surface area (Å²) in [5, 5.41) is 11.0. The Kier molecular flexibility index (Phi) is 3.99. The van der Waals surface area contributed by atoms with Crippen LogP contribution in [0.25, 0.3) is 0 Å². The molecule has 0 bridgehead atoms. The molecular formula is C13H14N4O. The van der Waals surface area contributed by atoms with E-state index in [1.807, 2.05) is 31.2 Å². The molecule has 5 heteroatoms. The Morgan fingerprint density at radius 3 is 3.17 bits per heavy atom. The fraction of sp³-hybridized carbons (Fsp3) is 0.308. The van der Waals surface area contributed by atoms with E-state index in [1.54, 1.807) is 0 Å². The van der Waals surface area contributed by atoms with Crippen molar-refractivity contribution in [2.45, 2.75) is 26.3 Å². The van der Waals surface area contributed by atoms with Crippen molar-refractivity contribution in [1.82, 2.24) is 20.2 Å². The van der Waals surface area contributed by atoms with Crippen LogP contribution in [0.5, 0.6) is 0 Å². The number of ketones is 1. The van der Waals surface area contributed by atoms with Gasteiger partial charge >= 0.3 is 0 Å². The van der Waals surface area contributed by atoms with E-state index in [-0.39, 0.29) is 12.3 Å². The summed E-state index contributed by atoms with van der Waals surface area (Å²) < 4.78 is 0. The Balaban J connectivity index is 1.87. The molecule has 1 heterocycles. The van der Waals surface area contributed by atoms with Gasteiger partial charge in [0.15, 0.2) is 12.1 Å². The first-order chi connectivity index (χ1) is 8.74. The summed E-state index contributed by atoms with van der Waals surface area (Å²) in [5.41, 5.74) is 5.35. The Morgan fingerprint density at radius 2 is 2.39 bits per heavy atom. The molecule has 0 unspecified atom stereocenters. The minimum absolute atomic E-state index is 0.0885. The van der Waals surface area contributed by atoms with E-state index >= 15 is 0 Å². The molecule has 0 saturated carbocycles. The van der Waals surface area contributed by atoms with Gasteiger partial charge < -0.3 is 0 Å². The van der Waals surface area contributed by atoms with Crippen LogP contribution in [0.2, 0.25) is 0 Å². The van der Waals surface area contributed by atoms with Gasteiger partial charge in [0.2, 0.25) is 0 Å². The molecule has 0 aromatic carbocycles. The van der Waals surface area contributed by atoms with Gasteiger partial charge in [-0.2, -0.15) is 4.80 Å². The zero-order chi connectivity index (χ0) is 12.8. The maximum atomic E-state index is 11.7. The van der Waals surface area contributed by atoms with Crippen LogP contribution in [0.3, 0.4) is 0 Å². The Labute approximate surface area is 105 Å². The van der Waals surface area contributed by atoms with Crippen LogP contribution in [-0.2, 0) is 11.3 Å². The van der Waals surface area contributed by atoms with Crippen LogP contribution in [-0.4, -0.2) is 26.0 Å². The number of hydrogen-bond donors (Lipinski definition) is 0. The Morgan fingerprint density at radius 1 is 1.50 bits per heavy atom. The Hall–Kier alpha value is -2.26. The summed E-state index contributed by atoms with van der Waals surface area (Å²) in [6, 6.07) is 0. The molecular weight excluding hydrogens is 228 g/mol. The van der Waals surface area contributed by atoms with Gasteiger partial charge in [-0.25, -0.2) is 0 Å². The number of tetrazole rings is 1. The predicted molar refractivity (Wildman–Crippen MR) is 66.6 cm³/mol. The largest absolute Gasteiger partial charge is 0.298 e. The molecule has 18 heavy (non-hydrogen) atoms. The standard InChI is InChI=1S/C13H14N4O/c1-11-4-2-3-5-12(8-11)6-7-13(18)9-17-15-10-14-16-17/h2-4,8,10H,6-7,9H2,1H3. The van der Waals surface area contributed by atoms with Gasteiger partial charge in [0.1, 0.15) is 6.54 Å². The van der Waals surface area contributed by atoms with Crippen LogP contribution in [0.15, 0.2) is 47.5 Å². The van der Waals surface area contributed by atoms with Crippen molar-refractivity contribution in [2.75, 3.05) is 0 Å². The third-order valence-electron chi connectivity index (χ3n) is 2.51. The van der Waals surface area contributed by atoms with Gasteiger partial charge in [-0.15, -0.1) is 15.9 Å². The van der Waals surface area contributed by atoms with Crippen molar-refractivity contribution < 1.29 is 4.79 Å². The average molecular weight is 242 g/mol. The summed E-state index contributed by atoms with van der Waals surface area (Å²) in [5.74, 6) is 0.0885. The third kappa shape index (κ3) is 3.64. The van der Waals surface area contributed by atoms with E-state index < -0.39 is 0 Å². The number of hydrogen-bond acceptors (Lipinski definition) is 4. The monoisotopic (exact) mass is 242 g/mol. The molecule has 0 spiro atoms. The lowest BCUT2D eigenvalue weighted by atomic mass is 10.1. The maximum Gasteiger partial charge on any atom is 0.162 e. The van der Waals surface area contributed by atoms with Crippen molar-refractivity contribution in [3.63, 3.8) is 0 Å². The molecule has 0 aliphatic heterocycles. The quantitative estimate of drug-likeness (QED) is 0.736. The van der Waals surface area contributed by atoms with Crippen molar-refractivity contribution in [3.05, 3.63) is 47.5 Å². The highest BCUT2D eigenvalue weighted by atomic mass is 16.1. The van der Waals surface area contributed by atoms with Gasteiger partial charge in [0, 0.05) is 6.42 Å². The van der Waals surface area contributed by atoms with Crippen molar-refractivity contribution in [3.8, 4) is 0 Å². The lowest BCUT2D eigenvalue weighted by Crippen LogP contribution is -2.12. The van der Waals surface area contributed by atoms with Crippen molar-refractivity contribution in [2.24, 2.45) is 0 Å². The number of nitrogens with zero attached hydrogens (tertiary/aromatic N) is 4.